The van der Waals surface area contributed by atoms with Gasteiger partial charge in [0, 0.05) is 19.2 Å². The van der Waals surface area contributed by atoms with Gasteiger partial charge in [-0.2, -0.15) is 0 Å². The van der Waals surface area contributed by atoms with E-state index in [0.29, 0.717) is 12.2 Å². The van der Waals surface area contributed by atoms with E-state index in [9.17, 15) is 5.11 Å². The molecule has 0 saturated carbocycles. The molecular weight excluding hydrogens is 190 g/mol. The highest BCUT2D eigenvalue weighted by molar-refractivity contribution is 5.32. The van der Waals surface area contributed by atoms with Crippen LogP contribution >= 0.6 is 0 Å². The molecule has 0 aliphatic heterocycles. The van der Waals surface area contributed by atoms with E-state index in [1.165, 1.54) is 0 Å². The SMILES string of the molecule is CC(C)C(O)(CN)Cc1ccnc(N)c1. The van der Waals surface area contributed by atoms with Crippen molar-refractivity contribution in [3.63, 3.8) is 0 Å². The molecule has 1 rings (SSSR count). The molecule has 1 atom stereocenters. The van der Waals surface area contributed by atoms with Crippen molar-refractivity contribution >= 4 is 5.82 Å². The molecule has 0 aromatic carbocycles. The fraction of sp³-hybridized carbons (Fsp3) is 0.545. The van der Waals surface area contributed by atoms with Crippen LogP contribution in [0.4, 0.5) is 5.82 Å². The lowest BCUT2D eigenvalue weighted by Crippen LogP contribution is -2.44. The van der Waals surface area contributed by atoms with Gasteiger partial charge in [0.05, 0.1) is 5.60 Å². The molecule has 1 heterocycles. The number of nitrogens with two attached hydrogens (primary N) is 2. The van der Waals surface area contributed by atoms with Crippen molar-refractivity contribution in [2.24, 2.45) is 11.7 Å². The average molecular weight is 209 g/mol. The number of aliphatic hydroxyl groups is 1. The van der Waals surface area contributed by atoms with Gasteiger partial charge in [-0.05, 0) is 23.6 Å². The molecule has 1 aromatic rings. The van der Waals surface area contributed by atoms with E-state index >= 15 is 0 Å². The number of nitrogen functional groups attached to an aromatic ring is 1. The van der Waals surface area contributed by atoms with Crippen molar-refractivity contribution in [2.75, 3.05) is 12.3 Å². The first-order valence-electron chi connectivity index (χ1n) is 5.11. The summed E-state index contributed by atoms with van der Waals surface area (Å²) in [4.78, 5) is 3.91. The van der Waals surface area contributed by atoms with Crippen LogP contribution in [0.1, 0.15) is 19.4 Å². The molecule has 0 bridgehead atoms. The summed E-state index contributed by atoms with van der Waals surface area (Å²) in [6.07, 6.45) is 2.15. The minimum Gasteiger partial charge on any atom is -0.388 e. The number of anilines is 1. The second-order valence-corrected chi connectivity index (χ2v) is 4.23. The third-order valence-electron chi connectivity index (χ3n) is 2.78. The minimum atomic E-state index is -0.867. The highest BCUT2D eigenvalue weighted by Crippen LogP contribution is 2.21. The van der Waals surface area contributed by atoms with Gasteiger partial charge >= 0.3 is 0 Å². The molecule has 5 N–H and O–H groups in total. The minimum absolute atomic E-state index is 0.108. The van der Waals surface area contributed by atoms with Crippen LogP contribution < -0.4 is 11.5 Å². The number of aromatic nitrogens is 1. The maximum absolute atomic E-state index is 10.3. The number of rotatable bonds is 4. The van der Waals surface area contributed by atoms with Gasteiger partial charge in [0.2, 0.25) is 0 Å². The molecular formula is C11H19N3O. The highest BCUT2D eigenvalue weighted by atomic mass is 16.3. The van der Waals surface area contributed by atoms with Gasteiger partial charge in [0.25, 0.3) is 0 Å². The lowest BCUT2D eigenvalue weighted by molar-refractivity contribution is 0.00408. The van der Waals surface area contributed by atoms with E-state index < -0.39 is 5.60 Å². The second kappa shape index (κ2) is 4.59. The molecule has 0 amide bonds. The summed E-state index contributed by atoms with van der Waals surface area (Å²) >= 11 is 0. The standard InChI is InChI=1S/C11H19N3O/c1-8(2)11(15,7-12)6-9-3-4-14-10(13)5-9/h3-5,8,15H,6-7,12H2,1-2H3,(H2,13,14). The van der Waals surface area contributed by atoms with Crippen molar-refractivity contribution in [1.29, 1.82) is 0 Å². The number of hydrogen-bond acceptors (Lipinski definition) is 4. The Bertz CT molecular complexity index is 327. The van der Waals surface area contributed by atoms with Crippen LogP contribution in [0, 0.1) is 5.92 Å². The Hall–Kier alpha value is -1.13. The van der Waals surface area contributed by atoms with E-state index in [0.717, 1.165) is 5.56 Å². The topological polar surface area (TPSA) is 85.2 Å². The van der Waals surface area contributed by atoms with Crippen molar-refractivity contribution in [3.8, 4) is 0 Å². The van der Waals surface area contributed by atoms with Crippen molar-refractivity contribution in [2.45, 2.75) is 25.9 Å². The summed E-state index contributed by atoms with van der Waals surface area (Å²) < 4.78 is 0. The highest BCUT2D eigenvalue weighted by Gasteiger charge is 2.29. The zero-order chi connectivity index (χ0) is 11.5. The first kappa shape index (κ1) is 11.9. The van der Waals surface area contributed by atoms with Gasteiger partial charge in [-0.3, -0.25) is 0 Å². The van der Waals surface area contributed by atoms with E-state index in [1.807, 2.05) is 19.9 Å². The fourth-order valence-electron chi connectivity index (χ4n) is 1.47. The van der Waals surface area contributed by atoms with Crippen molar-refractivity contribution in [3.05, 3.63) is 23.9 Å². The van der Waals surface area contributed by atoms with E-state index in [4.69, 9.17) is 11.5 Å². The zero-order valence-electron chi connectivity index (χ0n) is 9.27. The predicted molar refractivity (Wildman–Crippen MR) is 61.2 cm³/mol. The summed E-state index contributed by atoms with van der Waals surface area (Å²) in [7, 11) is 0. The van der Waals surface area contributed by atoms with Gasteiger partial charge in [-0.15, -0.1) is 0 Å². The summed E-state index contributed by atoms with van der Waals surface area (Å²) in [5.74, 6) is 0.576. The Balaban J connectivity index is 2.84. The number of nitrogens with zero attached hydrogens (tertiary/aromatic N) is 1. The molecule has 4 heteroatoms. The van der Waals surface area contributed by atoms with Crippen molar-refractivity contribution < 1.29 is 5.11 Å². The number of pyridine rings is 1. The van der Waals surface area contributed by atoms with Crippen LogP contribution in [0.25, 0.3) is 0 Å². The Morgan fingerprint density at radius 1 is 1.53 bits per heavy atom. The smallest absolute Gasteiger partial charge is 0.123 e. The normalized spacial score (nSPS) is 15.3. The summed E-state index contributed by atoms with van der Waals surface area (Å²) in [5.41, 5.74) is 11.3. The Morgan fingerprint density at radius 3 is 2.67 bits per heavy atom. The van der Waals surface area contributed by atoms with E-state index in [-0.39, 0.29) is 12.5 Å². The molecule has 0 radical (unpaired) electrons. The zero-order valence-corrected chi connectivity index (χ0v) is 9.27. The first-order chi connectivity index (χ1) is 6.98. The fourth-order valence-corrected chi connectivity index (χ4v) is 1.47. The largest absolute Gasteiger partial charge is 0.388 e. The van der Waals surface area contributed by atoms with Crippen LogP contribution in [0.2, 0.25) is 0 Å². The third kappa shape index (κ3) is 2.91. The lowest BCUT2D eigenvalue weighted by Gasteiger charge is -2.30. The van der Waals surface area contributed by atoms with Crippen LogP contribution in [-0.2, 0) is 6.42 Å². The van der Waals surface area contributed by atoms with Crippen LogP contribution in [0.5, 0.6) is 0 Å². The lowest BCUT2D eigenvalue weighted by atomic mass is 9.84. The van der Waals surface area contributed by atoms with Gasteiger partial charge in [-0.1, -0.05) is 13.8 Å². The molecule has 15 heavy (non-hydrogen) atoms. The van der Waals surface area contributed by atoms with Gasteiger partial charge < -0.3 is 16.6 Å². The molecule has 0 spiro atoms. The quantitative estimate of drug-likeness (QED) is 0.676. The maximum atomic E-state index is 10.3. The molecule has 0 aliphatic carbocycles. The molecule has 0 aliphatic rings. The van der Waals surface area contributed by atoms with Crippen molar-refractivity contribution in [1.82, 2.24) is 4.98 Å². The molecule has 84 valence electrons. The summed E-state index contributed by atoms with van der Waals surface area (Å²) in [6.45, 7) is 4.15. The Morgan fingerprint density at radius 2 is 2.20 bits per heavy atom. The van der Waals surface area contributed by atoms with Crippen LogP contribution in [0.3, 0.4) is 0 Å². The molecule has 0 fully saturated rings. The average Bonchev–Trinajstić information content (AvgIpc) is 2.17. The molecule has 1 aromatic heterocycles. The van der Waals surface area contributed by atoms with Gasteiger partial charge in [-0.25, -0.2) is 4.98 Å². The van der Waals surface area contributed by atoms with Gasteiger partial charge in [0.15, 0.2) is 0 Å². The second-order valence-electron chi connectivity index (χ2n) is 4.23. The Kier molecular flexibility index (Phi) is 3.66. The molecule has 0 saturated heterocycles. The Labute approximate surface area is 90.3 Å². The third-order valence-corrected chi connectivity index (χ3v) is 2.78. The van der Waals surface area contributed by atoms with Gasteiger partial charge in [0.1, 0.15) is 5.82 Å². The monoisotopic (exact) mass is 209 g/mol. The van der Waals surface area contributed by atoms with Crippen LogP contribution in [-0.4, -0.2) is 22.2 Å². The number of hydrogen-bond donors (Lipinski definition) is 3. The van der Waals surface area contributed by atoms with E-state index in [1.54, 1.807) is 12.3 Å². The summed E-state index contributed by atoms with van der Waals surface area (Å²) in [5, 5.41) is 10.3. The van der Waals surface area contributed by atoms with E-state index in [2.05, 4.69) is 4.98 Å². The first-order valence-corrected chi connectivity index (χ1v) is 5.11. The predicted octanol–water partition coefficient (Wildman–Crippen LogP) is 0.552. The van der Waals surface area contributed by atoms with Crippen LogP contribution in [0.15, 0.2) is 18.3 Å². The summed E-state index contributed by atoms with van der Waals surface area (Å²) in [6, 6.07) is 3.61. The maximum Gasteiger partial charge on any atom is 0.123 e. The molecule has 1 unspecified atom stereocenters. The molecule has 4 nitrogen and oxygen atoms in total.